The Labute approximate surface area is 191 Å². The average molecular weight is 419 g/mol. The first-order chi connectivity index (χ1) is 15.9. The molecule has 1 aliphatic rings. The molecule has 0 aliphatic carbocycles. The Hall–Kier alpha value is -3.20. The number of likely N-dealkylation sites (tertiary alicyclic amines) is 1. The molecule has 1 heterocycles. The van der Waals surface area contributed by atoms with Gasteiger partial charge < -0.3 is 5.32 Å². The van der Waals surface area contributed by atoms with Gasteiger partial charge in [-0.3, -0.25) is 4.90 Å². The van der Waals surface area contributed by atoms with Gasteiger partial charge >= 0.3 is 0 Å². The maximum absolute atomic E-state index is 3.86. The molecule has 0 unspecified atom stereocenters. The number of rotatable bonds is 8. The molecule has 0 amide bonds. The summed E-state index contributed by atoms with van der Waals surface area (Å²) in [6.45, 7) is 3.07. The van der Waals surface area contributed by atoms with E-state index in [-0.39, 0.29) is 0 Å². The van der Waals surface area contributed by atoms with Gasteiger partial charge in [0.25, 0.3) is 0 Å². The minimum Gasteiger partial charge on any atom is -0.311 e. The van der Waals surface area contributed by atoms with Crippen LogP contribution in [0.25, 0.3) is 0 Å². The summed E-state index contributed by atoms with van der Waals surface area (Å²) in [5.74, 6) is 0.366. The van der Waals surface area contributed by atoms with Crippen molar-refractivity contribution in [2.24, 2.45) is 0 Å². The molecule has 1 aliphatic heterocycles. The van der Waals surface area contributed by atoms with E-state index in [4.69, 9.17) is 0 Å². The molecular weight excluding hydrogens is 388 g/mol. The van der Waals surface area contributed by atoms with Crippen molar-refractivity contribution in [1.29, 1.82) is 0 Å². The molecule has 0 saturated carbocycles. The van der Waals surface area contributed by atoms with E-state index in [1.807, 2.05) is 0 Å². The summed E-state index contributed by atoms with van der Waals surface area (Å²) < 4.78 is 0. The summed E-state index contributed by atoms with van der Waals surface area (Å²) >= 11 is 0. The minimum absolute atomic E-state index is 0.314. The van der Waals surface area contributed by atoms with Gasteiger partial charge in [0.2, 0.25) is 0 Å². The van der Waals surface area contributed by atoms with E-state index in [1.165, 1.54) is 22.3 Å². The zero-order valence-corrected chi connectivity index (χ0v) is 18.3. The normalized spacial score (nSPS) is 14.6. The number of benzene rings is 4. The van der Waals surface area contributed by atoms with Crippen molar-refractivity contribution in [3.05, 3.63) is 144 Å². The molecule has 0 spiro atoms. The third kappa shape index (κ3) is 4.67. The highest BCUT2D eigenvalue weighted by atomic mass is 15.3. The average Bonchev–Trinajstić information content (AvgIpc) is 2.85. The number of nitrogens with one attached hydrogen (secondary N) is 1. The lowest BCUT2D eigenvalue weighted by molar-refractivity contribution is 0.0929. The molecule has 2 nitrogen and oxygen atoms in total. The molecule has 0 aromatic heterocycles. The van der Waals surface area contributed by atoms with Crippen LogP contribution in [0.1, 0.15) is 34.2 Å². The summed E-state index contributed by atoms with van der Waals surface area (Å²) in [5.41, 5.74) is 5.47. The fourth-order valence-electron chi connectivity index (χ4n) is 4.82. The fourth-order valence-corrected chi connectivity index (χ4v) is 4.82. The molecule has 2 heteroatoms. The Morgan fingerprint density at radius 1 is 0.562 bits per heavy atom. The minimum atomic E-state index is 0.314. The van der Waals surface area contributed by atoms with Crippen LogP contribution in [0.2, 0.25) is 0 Å². The van der Waals surface area contributed by atoms with E-state index in [0.29, 0.717) is 18.0 Å². The number of hydrogen-bond donors (Lipinski definition) is 1. The first-order valence-electron chi connectivity index (χ1n) is 11.6. The van der Waals surface area contributed by atoms with E-state index in [1.54, 1.807) is 0 Å². The molecule has 0 atom stereocenters. The van der Waals surface area contributed by atoms with E-state index in [0.717, 1.165) is 19.6 Å². The quantitative estimate of drug-likeness (QED) is 0.384. The number of hydrogen-bond acceptors (Lipinski definition) is 2. The standard InChI is InChI=1S/C30H30N2/c1-5-13-24(14-6-1)29(25-15-7-2-8-16-25)21-31-28-22-32(23-28)30(26-17-9-3-10-18-26)27-19-11-4-12-20-27/h1-20,28-31H,21-23H2. The first kappa shape index (κ1) is 20.7. The largest absolute Gasteiger partial charge is 0.311 e. The van der Waals surface area contributed by atoms with Crippen molar-refractivity contribution in [3.8, 4) is 0 Å². The summed E-state index contributed by atoms with van der Waals surface area (Å²) in [6.07, 6.45) is 0. The molecule has 0 radical (unpaired) electrons. The topological polar surface area (TPSA) is 15.3 Å². The van der Waals surface area contributed by atoms with Gasteiger partial charge in [-0.2, -0.15) is 0 Å². The second-order valence-electron chi connectivity index (χ2n) is 8.66. The Morgan fingerprint density at radius 2 is 0.938 bits per heavy atom. The third-order valence-corrected chi connectivity index (χ3v) is 6.52. The van der Waals surface area contributed by atoms with E-state index in [9.17, 15) is 0 Å². The molecule has 4 aromatic carbocycles. The van der Waals surface area contributed by atoms with Crippen LogP contribution < -0.4 is 5.32 Å². The monoisotopic (exact) mass is 418 g/mol. The lowest BCUT2D eigenvalue weighted by Crippen LogP contribution is -2.59. The Morgan fingerprint density at radius 3 is 1.34 bits per heavy atom. The van der Waals surface area contributed by atoms with Crippen molar-refractivity contribution in [1.82, 2.24) is 10.2 Å². The van der Waals surface area contributed by atoms with Crippen LogP contribution in [-0.2, 0) is 0 Å². The maximum atomic E-state index is 3.86. The summed E-state index contributed by atoms with van der Waals surface area (Å²) in [4.78, 5) is 2.59. The molecule has 1 fully saturated rings. The van der Waals surface area contributed by atoms with Crippen molar-refractivity contribution >= 4 is 0 Å². The summed E-state index contributed by atoms with van der Waals surface area (Å²) in [7, 11) is 0. The van der Waals surface area contributed by atoms with Gasteiger partial charge in [-0.05, 0) is 22.3 Å². The molecule has 1 saturated heterocycles. The predicted octanol–water partition coefficient (Wildman–Crippen LogP) is 5.88. The lowest BCUT2D eigenvalue weighted by atomic mass is 9.90. The van der Waals surface area contributed by atoms with E-state index < -0.39 is 0 Å². The van der Waals surface area contributed by atoms with Gasteiger partial charge in [-0.1, -0.05) is 121 Å². The summed E-state index contributed by atoms with van der Waals surface area (Å²) in [5, 5.41) is 3.86. The molecule has 0 bridgehead atoms. The van der Waals surface area contributed by atoms with E-state index in [2.05, 4.69) is 132 Å². The van der Waals surface area contributed by atoms with E-state index >= 15 is 0 Å². The van der Waals surface area contributed by atoms with Crippen LogP contribution in [0.4, 0.5) is 0 Å². The second kappa shape index (κ2) is 9.95. The van der Waals surface area contributed by atoms with Gasteiger partial charge in [0.15, 0.2) is 0 Å². The fraction of sp³-hybridized carbons (Fsp3) is 0.200. The third-order valence-electron chi connectivity index (χ3n) is 6.52. The van der Waals surface area contributed by atoms with Gasteiger partial charge in [0.05, 0.1) is 6.04 Å². The van der Waals surface area contributed by atoms with Crippen LogP contribution in [-0.4, -0.2) is 30.6 Å². The zero-order chi connectivity index (χ0) is 21.6. The van der Waals surface area contributed by atoms with Crippen molar-refractivity contribution in [3.63, 3.8) is 0 Å². The first-order valence-corrected chi connectivity index (χ1v) is 11.6. The van der Waals surface area contributed by atoms with Crippen molar-refractivity contribution < 1.29 is 0 Å². The van der Waals surface area contributed by atoms with Gasteiger partial charge in [0, 0.05) is 31.6 Å². The van der Waals surface area contributed by atoms with Crippen LogP contribution in [0.5, 0.6) is 0 Å². The van der Waals surface area contributed by atoms with Crippen LogP contribution >= 0.6 is 0 Å². The van der Waals surface area contributed by atoms with Crippen molar-refractivity contribution in [2.45, 2.75) is 18.0 Å². The van der Waals surface area contributed by atoms with Crippen molar-refractivity contribution in [2.75, 3.05) is 19.6 Å². The van der Waals surface area contributed by atoms with Crippen LogP contribution in [0.15, 0.2) is 121 Å². The van der Waals surface area contributed by atoms with Crippen LogP contribution in [0, 0.1) is 0 Å². The lowest BCUT2D eigenvalue weighted by Gasteiger charge is -2.45. The molecular formula is C30H30N2. The maximum Gasteiger partial charge on any atom is 0.0602 e. The smallest absolute Gasteiger partial charge is 0.0602 e. The Bertz CT molecular complexity index is 993. The molecule has 4 aromatic rings. The molecule has 5 rings (SSSR count). The Balaban J connectivity index is 1.27. The highest BCUT2D eigenvalue weighted by Gasteiger charge is 2.34. The highest BCUT2D eigenvalue weighted by Crippen LogP contribution is 2.32. The second-order valence-corrected chi connectivity index (χ2v) is 8.66. The van der Waals surface area contributed by atoms with Gasteiger partial charge in [-0.25, -0.2) is 0 Å². The molecule has 160 valence electrons. The predicted molar refractivity (Wildman–Crippen MR) is 133 cm³/mol. The SMILES string of the molecule is c1ccc(C(CNC2CN(C(c3ccccc3)c3ccccc3)C2)c2ccccc2)cc1. The zero-order valence-electron chi connectivity index (χ0n) is 18.3. The molecule has 32 heavy (non-hydrogen) atoms. The highest BCUT2D eigenvalue weighted by molar-refractivity contribution is 5.34. The van der Waals surface area contributed by atoms with Crippen LogP contribution in [0.3, 0.4) is 0 Å². The summed E-state index contributed by atoms with van der Waals surface area (Å²) in [6, 6.07) is 44.3. The Kier molecular flexibility index (Phi) is 6.43. The van der Waals surface area contributed by atoms with Gasteiger partial charge in [-0.15, -0.1) is 0 Å². The van der Waals surface area contributed by atoms with Gasteiger partial charge in [0.1, 0.15) is 0 Å². The number of nitrogens with zero attached hydrogens (tertiary/aromatic N) is 1. The molecule has 1 N–H and O–H groups in total.